The van der Waals surface area contributed by atoms with E-state index in [4.69, 9.17) is 0 Å². The largest absolute Gasteiger partial charge is 0.352 e. The molecule has 33 heavy (non-hydrogen) atoms. The highest BCUT2D eigenvalue weighted by Gasteiger charge is 2.30. The molecule has 0 bridgehead atoms. The van der Waals surface area contributed by atoms with E-state index in [1.54, 1.807) is 16.7 Å². The van der Waals surface area contributed by atoms with Crippen LogP contribution in [-0.2, 0) is 21.9 Å². The SMILES string of the molecule is CCC(C(=O)NC1CCCCC1)N(Cc1ccc(C)cc1)C(=O)CSCc1ccccc1C. The first-order chi connectivity index (χ1) is 16.0. The van der Waals surface area contributed by atoms with Gasteiger partial charge >= 0.3 is 0 Å². The van der Waals surface area contributed by atoms with Gasteiger partial charge in [0.15, 0.2) is 0 Å². The minimum absolute atomic E-state index is 0.00577. The van der Waals surface area contributed by atoms with Gasteiger partial charge in [-0.05, 0) is 49.8 Å². The minimum atomic E-state index is -0.445. The van der Waals surface area contributed by atoms with Crippen molar-refractivity contribution in [3.05, 3.63) is 70.8 Å². The number of amides is 2. The van der Waals surface area contributed by atoms with Crippen molar-refractivity contribution in [1.82, 2.24) is 10.2 Å². The van der Waals surface area contributed by atoms with Crippen LogP contribution in [-0.4, -0.2) is 34.6 Å². The molecule has 1 atom stereocenters. The van der Waals surface area contributed by atoms with Crippen molar-refractivity contribution in [2.75, 3.05) is 5.75 Å². The zero-order valence-corrected chi connectivity index (χ0v) is 21.1. The monoisotopic (exact) mass is 466 g/mol. The van der Waals surface area contributed by atoms with Gasteiger partial charge in [-0.1, -0.05) is 80.3 Å². The molecule has 1 fully saturated rings. The third-order valence-corrected chi connectivity index (χ3v) is 7.52. The lowest BCUT2D eigenvalue weighted by atomic mass is 9.95. The molecule has 0 aromatic heterocycles. The molecule has 2 aromatic carbocycles. The number of carbonyl (C=O) groups is 2. The molecule has 0 spiro atoms. The third-order valence-electron chi connectivity index (χ3n) is 6.56. The lowest BCUT2D eigenvalue weighted by Gasteiger charge is -2.32. The summed E-state index contributed by atoms with van der Waals surface area (Å²) in [6, 6.07) is 16.3. The van der Waals surface area contributed by atoms with Crippen LogP contribution in [0, 0.1) is 13.8 Å². The molecule has 3 rings (SSSR count). The van der Waals surface area contributed by atoms with E-state index in [1.165, 1.54) is 36.0 Å². The van der Waals surface area contributed by atoms with Crippen molar-refractivity contribution in [3.8, 4) is 0 Å². The van der Waals surface area contributed by atoms with Crippen LogP contribution >= 0.6 is 11.8 Å². The molecule has 178 valence electrons. The summed E-state index contributed by atoms with van der Waals surface area (Å²) < 4.78 is 0. The van der Waals surface area contributed by atoms with Crippen molar-refractivity contribution >= 4 is 23.6 Å². The number of carbonyl (C=O) groups excluding carboxylic acids is 2. The van der Waals surface area contributed by atoms with Crippen molar-refractivity contribution in [3.63, 3.8) is 0 Å². The van der Waals surface area contributed by atoms with Crippen LogP contribution in [0.15, 0.2) is 48.5 Å². The Bertz CT molecular complexity index is 906. The van der Waals surface area contributed by atoms with Gasteiger partial charge in [0.25, 0.3) is 0 Å². The molecular formula is C28H38N2O2S. The van der Waals surface area contributed by atoms with E-state index < -0.39 is 6.04 Å². The van der Waals surface area contributed by atoms with Crippen LogP contribution in [0.1, 0.15) is 67.7 Å². The van der Waals surface area contributed by atoms with Gasteiger partial charge in [-0.15, -0.1) is 11.8 Å². The second-order valence-electron chi connectivity index (χ2n) is 9.19. The summed E-state index contributed by atoms with van der Waals surface area (Å²) in [7, 11) is 0. The Morgan fingerprint density at radius 3 is 2.39 bits per heavy atom. The second-order valence-corrected chi connectivity index (χ2v) is 10.2. The molecule has 1 saturated carbocycles. The van der Waals surface area contributed by atoms with E-state index >= 15 is 0 Å². The van der Waals surface area contributed by atoms with E-state index in [2.05, 4.69) is 55.6 Å². The maximum atomic E-state index is 13.4. The molecule has 1 unspecified atom stereocenters. The Balaban J connectivity index is 1.70. The first kappa shape index (κ1) is 25.4. The van der Waals surface area contributed by atoms with Gasteiger partial charge in [0.1, 0.15) is 6.04 Å². The van der Waals surface area contributed by atoms with Gasteiger partial charge in [0, 0.05) is 18.3 Å². The molecule has 2 amide bonds. The van der Waals surface area contributed by atoms with Crippen LogP contribution in [0.2, 0.25) is 0 Å². The molecule has 4 nitrogen and oxygen atoms in total. The van der Waals surface area contributed by atoms with Crippen molar-refractivity contribution in [2.45, 2.75) is 83.7 Å². The Kier molecular flexibility index (Phi) is 9.86. The highest BCUT2D eigenvalue weighted by molar-refractivity contribution is 7.99. The van der Waals surface area contributed by atoms with E-state index in [0.717, 1.165) is 24.2 Å². The zero-order chi connectivity index (χ0) is 23.6. The van der Waals surface area contributed by atoms with Gasteiger partial charge in [0.2, 0.25) is 11.8 Å². The van der Waals surface area contributed by atoms with Crippen LogP contribution < -0.4 is 5.32 Å². The number of nitrogens with one attached hydrogen (secondary N) is 1. The average Bonchev–Trinajstić information content (AvgIpc) is 2.82. The maximum Gasteiger partial charge on any atom is 0.243 e. The molecule has 2 aromatic rings. The van der Waals surface area contributed by atoms with Crippen LogP contribution in [0.25, 0.3) is 0 Å². The lowest BCUT2D eigenvalue weighted by molar-refractivity contribution is -0.139. The van der Waals surface area contributed by atoms with E-state index in [1.807, 2.05) is 19.1 Å². The molecule has 1 aliphatic carbocycles. The summed E-state index contributed by atoms with van der Waals surface area (Å²) in [4.78, 5) is 28.5. The third kappa shape index (κ3) is 7.63. The molecular weight excluding hydrogens is 428 g/mol. The normalized spacial score (nSPS) is 15.1. The Morgan fingerprint density at radius 2 is 1.73 bits per heavy atom. The highest BCUT2D eigenvalue weighted by Crippen LogP contribution is 2.21. The fourth-order valence-corrected chi connectivity index (χ4v) is 5.44. The maximum absolute atomic E-state index is 13.4. The van der Waals surface area contributed by atoms with Gasteiger partial charge < -0.3 is 10.2 Å². The van der Waals surface area contributed by atoms with Crippen molar-refractivity contribution < 1.29 is 9.59 Å². The summed E-state index contributed by atoms with van der Waals surface area (Å²) in [6.45, 7) is 6.62. The topological polar surface area (TPSA) is 49.4 Å². The van der Waals surface area contributed by atoms with Gasteiger partial charge in [-0.2, -0.15) is 0 Å². The molecule has 5 heteroatoms. The Labute approximate surface area is 203 Å². The fraction of sp³-hybridized carbons (Fsp3) is 0.500. The first-order valence-corrected chi connectivity index (χ1v) is 13.4. The quantitative estimate of drug-likeness (QED) is 0.482. The average molecular weight is 467 g/mol. The van der Waals surface area contributed by atoms with Crippen molar-refractivity contribution in [1.29, 1.82) is 0 Å². The molecule has 0 heterocycles. The first-order valence-electron chi connectivity index (χ1n) is 12.3. The van der Waals surface area contributed by atoms with Crippen LogP contribution in [0.4, 0.5) is 0 Å². The highest BCUT2D eigenvalue weighted by atomic mass is 32.2. The number of thioether (sulfide) groups is 1. The molecule has 0 radical (unpaired) electrons. The summed E-state index contributed by atoms with van der Waals surface area (Å²) in [5.41, 5.74) is 4.74. The second kappa shape index (κ2) is 12.8. The van der Waals surface area contributed by atoms with Gasteiger partial charge in [0.05, 0.1) is 5.75 Å². The van der Waals surface area contributed by atoms with Gasteiger partial charge in [-0.25, -0.2) is 0 Å². The van der Waals surface area contributed by atoms with E-state index in [9.17, 15) is 9.59 Å². The van der Waals surface area contributed by atoms with Crippen LogP contribution in [0.5, 0.6) is 0 Å². The van der Waals surface area contributed by atoms with Gasteiger partial charge in [-0.3, -0.25) is 9.59 Å². The number of rotatable bonds is 10. The smallest absolute Gasteiger partial charge is 0.243 e. The van der Waals surface area contributed by atoms with E-state index in [-0.39, 0.29) is 17.9 Å². The van der Waals surface area contributed by atoms with E-state index in [0.29, 0.717) is 18.7 Å². The minimum Gasteiger partial charge on any atom is -0.352 e. The summed E-state index contributed by atoms with van der Waals surface area (Å²) >= 11 is 1.62. The summed E-state index contributed by atoms with van der Waals surface area (Å²) in [5, 5.41) is 3.25. The predicted molar refractivity (Wildman–Crippen MR) is 138 cm³/mol. The lowest BCUT2D eigenvalue weighted by Crippen LogP contribution is -2.52. The summed E-state index contributed by atoms with van der Waals surface area (Å²) in [5.74, 6) is 1.18. The van der Waals surface area contributed by atoms with Crippen LogP contribution in [0.3, 0.4) is 0 Å². The predicted octanol–water partition coefficient (Wildman–Crippen LogP) is 5.79. The fourth-order valence-electron chi connectivity index (χ4n) is 4.46. The van der Waals surface area contributed by atoms with Crippen molar-refractivity contribution in [2.24, 2.45) is 0 Å². The number of benzene rings is 2. The summed E-state index contributed by atoms with van der Waals surface area (Å²) in [6.07, 6.45) is 6.28. The molecule has 0 aliphatic heterocycles. The number of aryl methyl sites for hydroxylation is 2. The molecule has 1 N–H and O–H groups in total. The molecule has 0 saturated heterocycles. The standard InChI is InChI=1S/C28H38N2O2S/c1-4-26(28(32)29-25-12-6-5-7-13-25)30(18-23-16-14-21(2)15-17-23)27(31)20-33-19-24-11-9-8-10-22(24)3/h8-11,14-17,25-26H,4-7,12-13,18-20H2,1-3H3,(H,29,32). The molecule has 1 aliphatic rings. The number of hydrogen-bond donors (Lipinski definition) is 1. The Morgan fingerprint density at radius 1 is 1.03 bits per heavy atom. The number of hydrogen-bond acceptors (Lipinski definition) is 3. The zero-order valence-electron chi connectivity index (χ0n) is 20.3. The number of nitrogens with zero attached hydrogens (tertiary/aromatic N) is 1. The Hall–Kier alpha value is -2.27.